The molecule has 1 atom stereocenters. The van der Waals surface area contributed by atoms with E-state index in [1.54, 1.807) is 7.11 Å². The van der Waals surface area contributed by atoms with Gasteiger partial charge in [-0.3, -0.25) is 14.9 Å². The molecule has 3 aromatic rings. The van der Waals surface area contributed by atoms with Crippen molar-refractivity contribution in [3.05, 3.63) is 59.3 Å². The van der Waals surface area contributed by atoms with Gasteiger partial charge in [-0.1, -0.05) is 32.0 Å². The molecule has 2 aromatic carbocycles. The Morgan fingerprint density at radius 2 is 1.83 bits per heavy atom. The van der Waals surface area contributed by atoms with Crippen LogP contribution in [0.1, 0.15) is 43.0 Å². The van der Waals surface area contributed by atoms with Gasteiger partial charge >= 0.3 is 0 Å². The predicted molar refractivity (Wildman–Crippen MR) is 134 cm³/mol. The van der Waals surface area contributed by atoms with Crippen LogP contribution < -0.4 is 20.1 Å². The lowest BCUT2D eigenvalue weighted by Gasteiger charge is -2.40. The Balaban J connectivity index is 1.60. The second-order valence-electron chi connectivity index (χ2n) is 10.2. The molecule has 1 saturated heterocycles. The van der Waals surface area contributed by atoms with E-state index in [-0.39, 0.29) is 17.4 Å². The van der Waals surface area contributed by atoms with E-state index in [0.29, 0.717) is 35.5 Å². The lowest BCUT2D eigenvalue weighted by atomic mass is 9.80. The molecule has 0 spiro atoms. The average Bonchev–Trinajstić information content (AvgIpc) is 3.54. The van der Waals surface area contributed by atoms with Crippen molar-refractivity contribution in [1.82, 2.24) is 15.2 Å². The number of fused-ring (bicyclic) bond motifs is 2. The average molecular weight is 472 g/mol. The Morgan fingerprint density at radius 3 is 2.60 bits per heavy atom. The van der Waals surface area contributed by atoms with E-state index in [4.69, 9.17) is 9.47 Å². The van der Waals surface area contributed by atoms with Gasteiger partial charge in [0, 0.05) is 52.8 Å². The first-order valence-electron chi connectivity index (χ1n) is 12.1. The molecule has 0 radical (unpaired) electrons. The minimum Gasteiger partial charge on any atom is -0.496 e. The minimum atomic E-state index is -0.396. The molecule has 0 saturated carbocycles. The first-order valence-corrected chi connectivity index (χ1v) is 12.1. The second kappa shape index (κ2) is 7.99. The van der Waals surface area contributed by atoms with Crippen LogP contribution in [0.5, 0.6) is 11.5 Å². The van der Waals surface area contributed by atoms with Crippen molar-refractivity contribution >= 4 is 33.9 Å². The van der Waals surface area contributed by atoms with E-state index >= 15 is 0 Å². The molecule has 3 aliphatic heterocycles. The van der Waals surface area contributed by atoms with Gasteiger partial charge < -0.3 is 19.4 Å². The third kappa shape index (κ3) is 3.29. The smallest absolute Gasteiger partial charge is 0.259 e. The van der Waals surface area contributed by atoms with E-state index < -0.39 is 5.91 Å². The minimum absolute atomic E-state index is 0.0346. The highest BCUT2D eigenvalue weighted by Gasteiger charge is 2.39. The van der Waals surface area contributed by atoms with Crippen LogP contribution in [0.15, 0.2) is 42.6 Å². The zero-order valence-corrected chi connectivity index (χ0v) is 20.2. The summed E-state index contributed by atoms with van der Waals surface area (Å²) in [6.45, 7) is 6.92. The number of hydrogen-bond donors (Lipinski definition) is 2. The second-order valence-corrected chi connectivity index (χ2v) is 10.2. The lowest BCUT2D eigenvalue weighted by molar-refractivity contribution is -0.122. The fourth-order valence-corrected chi connectivity index (χ4v) is 5.96. The highest BCUT2D eigenvalue weighted by molar-refractivity contribution is 6.50. The number of nitrogens with one attached hydrogen (secondary N) is 2. The molecule has 4 heterocycles. The Bertz CT molecular complexity index is 1420. The summed E-state index contributed by atoms with van der Waals surface area (Å²) in [5, 5.41) is 7.01. The molecule has 0 aliphatic carbocycles. The van der Waals surface area contributed by atoms with Gasteiger partial charge in [-0.2, -0.15) is 0 Å². The van der Waals surface area contributed by atoms with Crippen molar-refractivity contribution in [2.24, 2.45) is 5.41 Å². The zero-order chi connectivity index (χ0) is 24.3. The summed E-state index contributed by atoms with van der Waals surface area (Å²) in [6.07, 6.45) is 3.76. The predicted octanol–water partition coefficient (Wildman–Crippen LogP) is 3.71. The first kappa shape index (κ1) is 21.9. The number of aromatic nitrogens is 1. The number of hydrogen-bond acceptors (Lipinski definition) is 5. The fourth-order valence-electron chi connectivity index (χ4n) is 5.96. The summed E-state index contributed by atoms with van der Waals surface area (Å²) in [5.74, 6) is 0.592. The van der Waals surface area contributed by atoms with Gasteiger partial charge in [0.1, 0.15) is 11.5 Å². The number of nitrogens with zero attached hydrogens (tertiary/aromatic N) is 1. The van der Waals surface area contributed by atoms with Crippen molar-refractivity contribution in [3.63, 3.8) is 0 Å². The van der Waals surface area contributed by atoms with E-state index in [1.165, 1.54) is 0 Å². The maximum absolute atomic E-state index is 13.3. The van der Waals surface area contributed by atoms with Gasteiger partial charge in [0.05, 0.1) is 24.9 Å². The molecular weight excluding hydrogens is 442 g/mol. The van der Waals surface area contributed by atoms with Gasteiger partial charge in [0.2, 0.25) is 0 Å². The number of imide groups is 1. The van der Waals surface area contributed by atoms with Crippen molar-refractivity contribution < 1.29 is 19.1 Å². The molecule has 7 nitrogen and oxygen atoms in total. The molecule has 0 bridgehead atoms. The molecule has 1 fully saturated rings. The van der Waals surface area contributed by atoms with E-state index in [1.807, 2.05) is 30.3 Å². The molecule has 7 heteroatoms. The summed E-state index contributed by atoms with van der Waals surface area (Å²) in [5.41, 5.74) is 4.21. The SMILES string of the molecule is COc1ccc(C2=C(c3cn(C4CCNCC4(C)C)c4ccccc34)C(=O)NC2=O)c2c1CCO2. The molecule has 180 valence electrons. The molecule has 3 aliphatic rings. The molecule has 2 amide bonds. The summed E-state index contributed by atoms with van der Waals surface area (Å²) in [6, 6.07) is 12.1. The maximum Gasteiger partial charge on any atom is 0.259 e. The van der Waals surface area contributed by atoms with Crippen LogP contribution in [0.3, 0.4) is 0 Å². The Hall–Kier alpha value is -3.58. The number of rotatable bonds is 4. The monoisotopic (exact) mass is 471 g/mol. The standard InChI is InChI=1S/C28H29N3O4/c1-28(2)15-29-12-10-22(28)31-14-19(16-6-4-5-7-20(16)31)24-23(26(32)30-27(24)33)18-8-9-21(34-3)17-11-13-35-25(17)18/h4-9,14,22,29H,10-13,15H2,1-3H3,(H,30,32,33). The van der Waals surface area contributed by atoms with E-state index in [9.17, 15) is 9.59 Å². The van der Waals surface area contributed by atoms with Crippen LogP contribution in [-0.4, -0.2) is 43.2 Å². The maximum atomic E-state index is 13.3. The van der Waals surface area contributed by atoms with Gasteiger partial charge in [-0.15, -0.1) is 0 Å². The van der Waals surface area contributed by atoms with Crippen molar-refractivity contribution in [3.8, 4) is 11.5 Å². The Morgan fingerprint density at radius 1 is 1.06 bits per heavy atom. The van der Waals surface area contributed by atoms with Gasteiger partial charge in [-0.05, 0) is 36.6 Å². The summed E-state index contributed by atoms with van der Waals surface area (Å²) < 4.78 is 13.8. The number of para-hydroxylation sites is 1. The number of benzene rings is 2. The van der Waals surface area contributed by atoms with E-state index in [0.717, 1.165) is 47.3 Å². The van der Waals surface area contributed by atoms with Crippen molar-refractivity contribution in [1.29, 1.82) is 0 Å². The largest absolute Gasteiger partial charge is 0.496 e. The quantitative estimate of drug-likeness (QED) is 0.567. The molecule has 6 rings (SSSR count). The van der Waals surface area contributed by atoms with Gasteiger partial charge in [-0.25, -0.2) is 0 Å². The van der Waals surface area contributed by atoms with Crippen LogP contribution in [0.2, 0.25) is 0 Å². The normalized spacial score (nSPS) is 21.3. The molecule has 35 heavy (non-hydrogen) atoms. The van der Waals surface area contributed by atoms with Gasteiger partial charge in [0.15, 0.2) is 0 Å². The number of ether oxygens (including phenoxy) is 2. The Labute approximate surface area is 204 Å². The van der Waals surface area contributed by atoms with Crippen LogP contribution in [0.25, 0.3) is 22.0 Å². The van der Waals surface area contributed by atoms with Crippen molar-refractivity contribution in [2.75, 3.05) is 26.8 Å². The van der Waals surface area contributed by atoms with E-state index in [2.05, 4.69) is 41.3 Å². The summed E-state index contributed by atoms with van der Waals surface area (Å²) >= 11 is 0. The third-order valence-corrected chi connectivity index (χ3v) is 7.66. The molecule has 1 unspecified atom stereocenters. The number of carbonyl (C=O) groups is 2. The van der Waals surface area contributed by atoms with Crippen LogP contribution in [0.4, 0.5) is 0 Å². The van der Waals surface area contributed by atoms with Crippen LogP contribution >= 0.6 is 0 Å². The number of methoxy groups -OCH3 is 1. The number of carbonyl (C=O) groups excluding carboxylic acids is 2. The number of piperidine rings is 1. The van der Waals surface area contributed by atoms with Crippen LogP contribution in [0, 0.1) is 5.41 Å². The fraction of sp³-hybridized carbons (Fsp3) is 0.357. The Kier molecular flexibility index (Phi) is 5.00. The number of amides is 2. The summed E-state index contributed by atoms with van der Waals surface area (Å²) in [7, 11) is 1.63. The zero-order valence-electron chi connectivity index (χ0n) is 20.2. The first-order chi connectivity index (χ1) is 16.9. The lowest BCUT2D eigenvalue weighted by Crippen LogP contribution is -2.43. The van der Waals surface area contributed by atoms with Gasteiger partial charge in [0.25, 0.3) is 11.8 Å². The molecule has 1 aromatic heterocycles. The van der Waals surface area contributed by atoms with Crippen LogP contribution in [-0.2, 0) is 16.0 Å². The molecule has 2 N–H and O–H groups in total. The molecular formula is C28H29N3O4. The topological polar surface area (TPSA) is 81.6 Å². The highest BCUT2D eigenvalue weighted by atomic mass is 16.5. The third-order valence-electron chi connectivity index (χ3n) is 7.66. The highest BCUT2D eigenvalue weighted by Crippen LogP contribution is 2.45. The van der Waals surface area contributed by atoms with Crippen molar-refractivity contribution in [2.45, 2.75) is 32.7 Å². The summed E-state index contributed by atoms with van der Waals surface area (Å²) in [4.78, 5) is 26.5.